The summed E-state index contributed by atoms with van der Waals surface area (Å²) in [6.45, 7) is 4.21. The van der Waals surface area contributed by atoms with E-state index in [2.05, 4.69) is 37.4 Å². The van der Waals surface area contributed by atoms with E-state index in [4.69, 9.17) is 0 Å². The van der Waals surface area contributed by atoms with Crippen molar-refractivity contribution in [1.82, 2.24) is 0 Å². The second-order valence-electron chi connectivity index (χ2n) is 4.50. The second kappa shape index (κ2) is 7.06. The number of nitrogens with one attached hydrogen (secondary N) is 1. The van der Waals surface area contributed by atoms with Gasteiger partial charge in [0.05, 0.1) is 0 Å². The minimum absolute atomic E-state index is 0.0750. The molecule has 1 N–H and O–H groups in total. The highest BCUT2D eigenvalue weighted by atomic mass is 32.1. The number of aryl methyl sites for hydroxylation is 2. The molecule has 2 aromatic rings. The van der Waals surface area contributed by atoms with Crippen LogP contribution in [0.4, 0.5) is 5.69 Å². The van der Waals surface area contributed by atoms with Crippen LogP contribution in [-0.4, -0.2) is 5.91 Å². The minimum atomic E-state index is -0.0750. The predicted octanol–water partition coefficient (Wildman–Crippen LogP) is 4.52. The molecule has 1 aromatic carbocycles. The molecule has 0 bridgehead atoms. The smallest absolute Gasteiger partial charge is 0.248 e. The van der Waals surface area contributed by atoms with Crippen LogP contribution >= 0.6 is 11.3 Å². The van der Waals surface area contributed by atoms with Gasteiger partial charge in [-0.25, -0.2) is 0 Å². The molecule has 1 amide bonds. The highest BCUT2D eigenvalue weighted by Gasteiger charge is 2.08. The highest BCUT2D eigenvalue weighted by Crippen LogP contribution is 2.22. The number of carbonyl (C=O) groups excluding carboxylic acids is 1. The van der Waals surface area contributed by atoms with Crippen LogP contribution < -0.4 is 5.32 Å². The Hall–Kier alpha value is -1.87. The third-order valence-electron chi connectivity index (χ3n) is 3.19. The lowest BCUT2D eigenvalue weighted by atomic mass is 10.0. The number of amides is 1. The topological polar surface area (TPSA) is 29.1 Å². The molecule has 0 unspecified atom stereocenters. The van der Waals surface area contributed by atoms with Gasteiger partial charge in [0.2, 0.25) is 5.91 Å². The van der Waals surface area contributed by atoms with Crippen molar-refractivity contribution < 1.29 is 4.79 Å². The summed E-state index contributed by atoms with van der Waals surface area (Å²) in [6, 6.07) is 10.2. The van der Waals surface area contributed by atoms with E-state index in [9.17, 15) is 4.79 Å². The van der Waals surface area contributed by atoms with Crippen molar-refractivity contribution in [3.05, 3.63) is 57.8 Å². The Morgan fingerprint density at radius 3 is 2.40 bits per heavy atom. The minimum Gasteiger partial charge on any atom is -0.322 e. The molecule has 0 aliphatic rings. The first-order chi connectivity index (χ1) is 9.74. The van der Waals surface area contributed by atoms with Crippen LogP contribution in [0.1, 0.15) is 29.9 Å². The van der Waals surface area contributed by atoms with Gasteiger partial charge in [0.1, 0.15) is 0 Å². The summed E-state index contributed by atoms with van der Waals surface area (Å²) in [5.74, 6) is -0.0750. The number of hydrogen-bond donors (Lipinski definition) is 1. The Kier molecular flexibility index (Phi) is 5.13. The monoisotopic (exact) mass is 285 g/mol. The lowest BCUT2D eigenvalue weighted by molar-refractivity contribution is -0.111. The first-order valence-electron chi connectivity index (χ1n) is 6.88. The maximum atomic E-state index is 12.1. The number of benzene rings is 1. The molecular formula is C17H19NOS. The van der Waals surface area contributed by atoms with E-state index >= 15 is 0 Å². The Balaban J connectivity index is 2.15. The van der Waals surface area contributed by atoms with Crippen LogP contribution in [0, 0.1) is 0 Å². The highest BCUT2D eigenvalue weighted by molar-refractivity contribution is 7.10. The molecule has 0 atom stereocenters. The summed E-state index contributed by atoms with van der Waals surface area (Å²) in [7, 11) is 0. The molecule has 2 nitrogen and oxygen atoms in total. The molecule has 0 fully saturated rings. The van der Waals surface area contributed by atoms with Crippen molar-refractivity contribution in [2.24, 2.45) is 0 Å². The van der Waals surface area contributed by atoms with E-state index in [1.807, 2.05) is 23.6 Å². The number of rotatable bonds is 5. The molecule has 20 heavy (non-hydrogen) atoms. The third-order valence-corrected chi connectivity index (χ3v) is 4.03. The first-order valence-corrected chi connectivity index (χ1v) is 7.75. The van der Waals surface area contributed by atoms with E-state index in [-0.39, 0.29) is 5.91 Å². The zero-order chi connectivity index (χ0) is 14.4. The van der Waals surface area contributed by atoms with Crippen LogP contribution in [-0.2, 0) is 17.6 Å². The summed E-state index contributed by atoms with van der Waals surface area (Å²) < 4.78 is 0. The van der Waals surface area contributed by atoms with Crippen LogP contribution in [0.2, 0.25) is 0 Å². The molecular weight excluding hydrogens is 266 g/mol. The number of hydrogen-bond acceptors (Lipinski definition) is 2. The fourth-order valence-electron chi connectivity index (χ4n) is 2.11. The molecule has 0 spiro atoms. The largest absolute Gasteiger partial charge is 0.322 e. The summed E-state index contributed by atoms with van der Waals surface area (Å²) in [5, 5.41) is 5.02. The lowest BCUT2D eigenvalue weighted by Crippen LogP contribution is -2.11. The van der Waals surface area contributed by atoms with Crippen LogP contribution in [0.25, 0.3) is 6.08 Å². The third kappa shape index (κ3) is 3.58. The zero-order valence-corrected chi connectivity index (χ0v) is 12.7. The van der Waals surface area contributed by atoms with Crippen LogP contribution in [0.5, 0.6) is 0 Å². The number of anilines is 1. The zero-order valence-electron chi connectivity index (χ0n) is 11.8. The molecule has 3 heteroatoms. The number of para-hydroxylation sites is 1. The van der Waals surface area contributed by atoms with Gasteiger partial charge in [-0.05, 0) is 41.5 Å². The van der Waals surface area contributed by atoms with Gasteiger partial charge in [0.25, 0.3) is 0 Å². The standard InChI is InChI=1S/C17H19NOS/c1-3-13-7-5-8-14(4-2)17(13)18-16(19)11-10-15-9-6-12-20-15/h5-12H,3-4H2,1-2H3,(H,18,19)/b11-10-. The van der Waals surface area contributed by atoms with Gasteiger partial charge in [-0.3, -0.25) is 4.79 Å². The van der Waals surface area contributed by atoms with Crippen LogP contribution in [0.3, 0.4) is 0 Å². The molecule has 1 aromatic heterocycles. The van der Waals surface area contributed by atoms with Crippen molar-refractivity contribution in [2.75, 3.05) is 5.32 Å². The average Bonchev–Trinajstić information content (AvgIpc) is 2.98. The molecule has 104 valence electrons. The van der Waals surface area contributed by atoms with Gasteiger partial charge in [-0.2, -0.15) is 0 Å². The van der Waals surface area contributed by atoms with Gasteiger partial charge >= 0.3 is 0 Å². The quantitative estimate of drug-likeness (QED) is 0.804. The fraction of sp³-hybridized carbons (Fsp3) is 0.235. The van der Waals surface area contributed by atoms with E-state index in [1.54, 1.807) is 17.4 Å². The molecule has 0 radical (unpaired) electrons. The average molecular weight is 285 g/mol. The van der Waals surface area contributed by atoms with Crippen molar-refractivity contribution >= 4 is 29.0 Å². The normalized spacial score (nSPS) is 10.9. The fourth-order valence-corrected chi connectivity index (χ4v) is 2.73. The maximum absolute atomic E-state index is 12.1. The second-order valence-corrected chi connectivity index (χ2v) is 5.48. The van der Waals surface area contributed by atoms with Crippen LogP contribution in [0.15, 0.2) is 41.8 Å². The van der Waals surface area contributed by atoms with Gasteiger partial charge < -0.3 is 5.32 Å². The summed E-state index contributed by atoms with van der Waals surface area (Å²) >= 11 is 1.62. The summed E-state index contributed by atoms with van der Waals surface area (Å²) in [6.07, 6.45) is 5.27. The Bertz CT molecular complexity index is 577. The number of thiophene rings is 1. The molecule has 2 rings (SSSR count). The Morgan fingerprint density at radius 1 is 1.15 bits per heavy atom. The first kappa shape index (κ1) is 14.5. The van der Waals surface area contributed by atoms with Gasteiger partial charge in [0, 0.05) is 16.6 Å². The Labute approximate surface area is 124 Å². The lowest BCUT2D eigenvalue weighted by Gasteiger charge is -2.13. The molecule has 0 aliphatic carbocycles. The SMILES string of the molecule is CCc1cccc(CC)c1NC(=O)/C=C\c1cccs1. The molecule has 0 saturated heterocycles. The summed E-state index contributed by atoms with van der Waals surface area (Å²) in [5.41, 5.74) is 3.34. The summed E-state index contributed by atoms with van der Waals surface area (Å²) in [4.78, 5) is 13.1. The van der Waals surface area contributed by atoms with E-state index in [1.165, 1.54) is 11.1 Å². The van der Waals surface area contributed by atoms with Crippen molar-refractivity contribution in [2.45, 2.75) is 26.7 Å². The van der Waals surface area contributed by atoms with E-state index in [0.29, 0.717) is 0 Å². The molecule has 0 aliphatic heterocycles. The number of carbonyl (C=O) groups is 1. The maximum Gasteiger partial charge on any atom is 0.248 e. The van der Waals surface area contributed by atoms with Crippen molar-refractivity contribution in [3.8, 4) is 0 Å². The molecule has 1 heterocycles. The van der Waals surface area contributed by atoms with E-state index in [0.717, 1.165) is 23.4 Å². The van der Waals surface area contributed by atoms with Gasteiger partial charge in [-0.15, -0.1) is 11.3 Å². The Morgan fingerprint density at radius 2 is 1.85 bits per heavy atom. The van der Waals surface area contributed by atoms with Crippen molar-refractivity contribution in [3.63, 3.8) is 0 Å². The van der Waals surface area contributed by atoms with E-state index < -0.39 is 0 Å². The molecule has 0 saturated carbocycles. The van der Waals surface area contributed by atoms with Gasteiger partial charge in [0.15, 0.2) is 0 Å². The predicted molar refractivity (Wildman–Crippen MR) is 87.2 cm³/mol. The van der Waals surface area contributed by atoms with Crippen molar-refractivity contribution in [1.29, 1.82) is 0 Å². The van der Waals surface area contributed by atoms with Gasteiger partial charge in [-0.1, -0.05) is 38.1 Å².